The van der Waals surface area contributed by atoms with E-state index in [1.54, 1.807) is 0 Å². The van der Waals surface area contributed by atoms with E-state index in [0.29, 0.717) is 6.04 Å². The Bertz CT molecular complexity index is 261. The number of nitrogens with zero attached hydrogens (tertiary/aromatic N) is 1. The maximum atomic E-state index is 9.75. The second kappa shape index (κ2) is 7.05. The predicted octanol–water partition coefficient (Wildman–Crippen LogP) is 2.39. The lowest BCUT2D eigenvalue weighted by molar-refractivity contribution is 0.138. The minimum atomic E-state index is -0.00888. The van der Waals surface area contributed by atoms with E-state index in [1.165, 1.54) is 51.7 Å². The summed E-state index contributed by atoms with van der Waals surface area (Å²) in [5.74, 6) is 0.929. The van der Waals surface area contributed by atoms with Crippen LogP contribution in [0, 0.1) is 5.92 Å². The minimum Gasteiger partial charge on any atom is -0.394 e. The molecule has 2 atom stereocenters. The molecule has 0 aromatic rings. The maximum absolute atomic E-state index is 9.75. The fraction of sp³-hybridized carbons (Fsp3) is 1.00. The molecule has 2 unspecified atom stereocenters. The fourth-order valence-corrected chi connectivity index (χ4v) is 3.34. The van der Waals surface area contributed by atoms with Crippen molar-refractivity contribution in [2.24, 2.45) is 5.92 Å². The van der Waals surface area contributed by atoms with Crippen molar-refractivity contribution in [3.63, 3.8) is 0 Å². The molecule has 1 saturated carbocycles. The van der Waals surface area contributed by atoms with Crippen molar-refractivity contribution in [3.8, 4) is 0 Å². The van der Waals surface area contributed by atoms with Crippen LogP contribution in [-0.2, 0) is 0 Å². The van der Waals surface area contributed by atoms with Crippen LogP contribution in [0.3, 0.4) is 0 Å². The number of aliphatic hydroxyl groups excluding tert-OH is 1. The molecule has 0 bridgehead atoms. The van der Waals surface area contributed by atoms with Crippen molar-refractivity contribution >= 4 is 0 Å². The van der Waals surface area contributed by atoms with Gasteiger partial charge in [0.2, 0.25) is 0 Å². The quantitative estimate of drug-likeness (QED) is 0.674. The standard InChI is InChI=1S/C16H32N2O/c1-3-14-8-11-18(12-14)10-5-9-16(4-2,13-19)17-15-6-7-15/h14-15,17,19H,3-13H2,1-2H3. The van der Waals surface area contributed by atoms with Gasteiger partial charge >= 0.3 is 0 Å². The van der Waals surface area contributed by atoms with Crippen molar-refractivity contribution in [2.45, 2.75) is 70.4 Å². The van der Waals surface area contributed by atoms with Gasteiger partial charge in [-0.25, -0.2) is 0 Å². The largest absolute Gasteiger partial charge is 0.394 e. The van der Waals surface area contributed by atoms with Gasteiger partial charge in [0.05, 0.1) is 6.61 Å². The van der Waals surface area contributed by atoms with Crippen molar-refractivity contribution in [3.05, 3.63) is 0 Å². The van der Waals surface area contributed by atoms with Gasteiger partial charge in [-0.1, -0.05) is 20.3 Å². The molecule has 112 valence electrons. The van der Waals surface area contributed by atoms with E-state index in [2.05, 4.69) is 24.1 Å². The van der Waals surface area contributed by atoms with E-state index in [4.69, 9.17) is 0 Å². The first-order valence-electron chi connectivity index (χ1n) is 8.32. The smallest absolute Gasteiger partial charge is 0.0613 e. The topological polar surface area (TPSA) is 35.5 Å². The van der Waals surface area contributed by atoms with Crippen LogP contribution in [0.4, 0.5) is 0 Å². The molecule has 0 aromatic carbocycles. The molecule has 3 heteroatoms. The van der Waals surface area contributed by atoms with Crippen LogP contribution in [0.1, 0.15) is 58.8 Å². The first-order valence-corrected chi connectivity index (χ1v) is 8.32. The molecule has 2 rings (SSSR count). The fourth-order valence-electron chi connectivity index (χ4n) is 3.34. The number of likely N-dealkylation sites (tertiary alicyclic amines) is 1. The van der Waals surface area contributed by atoms with E-state index in [9.17, 15) is 5.11 Å². The van der Waals surface area contributed by atoms with Gasteiger partial charge in [-0.2, -0.15) is 0 Å². The zero-order valence-corrected chi connectivity index (χ0v) is 12.8. The molecule has 0 amide bonds. The Balaban J connectivity index is 1.69. The van der Waals surface area contributed by atoms with E-state index in [0.717, 1.165) is 18.8 Å². The average Bonchev–Trinajstić information content (AvgIpc) is 3.13. The maximum Gasteiger partial charge on any atom is 0.0613 e. The Hall–Kier alpha value is -0.120. The van der Waals surface area contributed by atoms with Crippen LogP contribution in [-0.4, -0.2) is 47.8 Å². The number of hydrogen-bond acceptors (Lipinski definition) is 3. The van der Waals surface area contributed by atoms with Gasteiger partial charge in [0.1, 0.15) is 0 Å². The van der Waals surface area contributed by atoms with Crippen molar-refractivity contribution in [1.29, 1.82) is 0 Å². The Morgan fingerprint density at radius 2 is 2.05 bits per heavy atom. The van der Waals surface area contributed by atoms with Crippen LogP contribution in [0.25, 0.3) is 0 Å². The summed E-state index contributed by atoms with van der Waals surface area (Å²) in [6.07, 6.45) is 8.68. The summed E-state index contributed by atoms with van der Waals surface area (Å²) in [7, 11) is 0. The molecular weight excluding hydrogens is 236 g/mol. The molecule has 2 aliphatic rings. The number of rotatable bonds is 9. The zero-order chi connectivity index (χ0) is 13.7. The van der Waals surface area contributed by atoms with Gasteiger partial charge in [0.25, 0.3) is 0 Å². The third-order valence-electron chi connectivity index (χ3n) is 5.14. The molecule has 0 radical (unpaired) electrons. The Labute approximate surface area is 118 Å². The van der Waals surface area contributed by atoms with Gasteiger partial charge in [0.15, 0.2) is 0 Å². The molecule has 19 heavy (non-hydrogen) atoms. The summed E-state index contributed by atoms with van der Waals surface area (Å²) in [6, 6.07) is 0.684. The number of nitrogens with one attached hydrogen (secondary N) is 1. The minimum absolute atomic E-state index is 0.00888. The summed E-state index contributed by atoms with van der Waals surface area (Å²) in [5, 5.41) is 13.4. The number of aliphatic hydroxyl groups is 1. The van der Waals surface area contributed by atoms with Crippen LogP contribution < -0.4 is 5.32 Å². The second-order valence-corrected chi connectivity index (χ2v) is 6.68. The van der Waals surface area contributed by atoms with E-state index >= 15 is 0 Å². The Morgan fingerprint density at radius 1 is 1.26 bits per heavy atom. The highest BCUT2D eigenvalue weighted by Crippen LogP contribution is 2.27. The molecule has 1 aliphatic heterocycles. The molecule has 1 heterocycles. The van der Waals surface area contributed by atoms with E-state index in [-0.39, 0.29) is 12.1 Å². The van der Waals surface area contributed by atoms with Crippen molar-refractivity contribution in [2.75, 3.05) is 26.2 Å². The molecular formula is C16H32N2O. The molecule has 0 spiro atoms. The highest BCUT2D eigenvalue weighted by molar-refractivity contribution is 4.94. The molecule has 2 fully saturated rings. The summed E-state index contributed by atoms with van der Waals surface area (Å²) in [6.45, 7) is 8.59. The molecule has 2 N–H and O–H groups in total. The van der Waals surface area contributed by atoms with E-state index in [1.807, 2.05) is 0 Å². The average molecular weight is 268 g/mol. The Morgan fingerprint density at radius 3 is 2.58 bits per heavy atom. The Kier molecular flexibility index (Phi) is 5.67. The molecule has 3 nitrogen and oxygen atoms in total. The van der Waals surface area contributed by atoms with Gasteiger partial charge in [-0.15, -0.1) is 0 Å². The van der Waals surface area contributed by atoms with Crippen molar-refractivity contribution < 1.29 is 5.11 Å². The highest BCUT2D eigenvalue weighted by atomic mass is 16.3. The lowest BCUT2D eigenvalue weighted by atomic mass is 9.91. The van der Waals surface area contributed by atoms with Crippen LogP contribution in [0.5, 0.6) is 0 Å². The summed E-state index contributed by atoms with van der Waals surface area (Å²) < 4.78 is 0. The monoisotopic (exact) mass is 268 g/mol. The predicted molar refractivity (Wildman–Crippen MR) is 80.3 cm³/mol. The molecule has 1 aliphatic carbocycles. The van der Waals surface area contributed by atoms with Crippen LogP contribution in [0.15, 0.2) is 0 Å². The van der Waals surface area contributed by atoms with Gasteiger partial charge in [-0.05, 0) is 57.5 Å². The van der Waals surface area contributed by atoms with Gasteiger partial charge < -0.3 is 15.3 Å². The van der Waals surface area contributed by atoms with E-state index < -0.39 is 0 Å². The lowest BCUT2D eigenvalue weighted by Gasteiger charge is -2.33. The van der Waals surface area contributed by atoms with Gasteiger partial charge in [0, 0.05) is 18.1 Å². The molecule has 0 aromatic heterocycles. The normalized spacial score (nSPS) is 27.6. The highest BCUT2D eigenvalue weighted by Gasteiger charge is 2.34. The SMILES string of the molecule is CCC1CCN(CCCC(CC)(CO)NC2CC2)C1. The summed E-state index contributed by atoms with van der Waals surface area (Å²) >= 11 is 0. The molecule has 1 saturated heterocycles. The lowest BCUT2D eigenvalue weighted by Crippen LogP contribution is -2.49. The van der Waals surface area contributed by atoms with Crippen LogP contribution >= 0.6 is 0 Å². The third kappa shape index (κ3) is 4.44. The van der Waals surface area contributed by atoms with Crippen molar-refractivity contribution in [1.82, 2.24) is 10.2 Å². The summed E-state index contributed by atoms with van der Waals surface area (Å²) in [5.41, 5.74) is -0.00888. The van der Waals surface area contributed by atoms with Crippen LogP contribution in [0.2, 0.25) is 0 Å². The third-order valence-corrected chi connectivity index (χ3v) is 5.14. The summed E-state index contributed by atoms with van der Waals surface area (Å²) in [4.78, 5) is 2.61. The number of hydrogen-bond donors (Lipinski definition) is 2. The van der Waals surface area contributed by atoms with Gasteiger partial charge in [-0.3, -0.25) is 0 Å². The first kappa shape index (κ1) is 15.3. The second-order valence-electron chi connectivity index (χ2n) is 6.68. The zero-order valence-electron chi connectivity index (χ0n) is 12.8. The first-order chi connectivity index (χ1) is 9.21.